The summed E-state index contributed by atoms with van der Waals surface area (Å²) in [5.41, 5.74) is 1.72. The van der Waals surface area contributed by atoms with Gasteiger partial charge < -0.3 is 24.5 Å². The molecule has 3 heterocycles. The van der Waals surface area contributed by atoms with Crippen molar-refractivity contribution in [3.63, 3.8) is 0 Å². The van der Waals surface area contributed by atoms with E-state index >= 15 is 0 Å². The van der Waals surface area contributed by atoms with Gasteiger partial charge in [-0.2, -0.15) is 13.2 Å². The zero-order valence-electron chi connectivity index (χ0n) is 16.8. The summed E-state index contributed by atoms with van der Waals surface area (Å²) in [6.45, 7) is 1.79. The average molecular weight is 443 g/mol. The molecule has 0 aromatic carbocycles. The summed E-state index contributed by atoms with van der Waals surface area (Å²) in [6, 6.07) is 7.60. The van der Waals surface area contributed by atoms with Gasteiger partial charge in [0.15, 0.2) is 0 Å². The smallest absolute Gasteiger partial charge is 0.475 e. The molecule has 2 aromatic heterocycles. The Bertz CT molecular complexity index is 815. The van der Waals surface area contributed by atoms with Crippen LogP contribution in [0.3, 0.4) is 0 Å². The molecule has 0 spiro atoms. The summed E-state index contributed by atoms with van der Waals surface area (Å²) in [4.78, 5) is 30.8. The van der Waals surface area contributed by atoms with Crippen LogP contribution < -0.4 is 0 Å². The fourth-order valence-electron chi connectivity index (χ4n) is 3.17. The van der Waals surface area contributed by atoms with E-state index in [1.54, 1.807) is 19.5 Å². The third kappa shape index (κ3) is 7.37. The van der Waals surface area contributed by atoms with Gasteiger partial charge in [0, 0.05) is 32.2 Å². The minimum absolute atomic E-state index is 0.00172. The van der Waals surface area contributed by atoms with Crippen LogP contribution in [0.5, 0.6) is 0 Å². The highest BCUT2D eigenvalue weighted by atomic mass is 19.4. The molecule has 1 fully saturated rings. The van der Waals surface area contributed by atoms with E-state index in [4.69, 9.17) is 19.4 Å². The number of alkyl halides is 3. The molecule has 170 valence electrons. The Kier molecular flexibility index (Phi) is 9.01. The molecule has 0 unspecified atom stereocenters. The van der Waals surface area contributed by atoms with Crippen LogP contribution in [-0.4, -0.2) is 77.0 Å². The number of aromatic amines is 1. The molecule has 0 saturated carbocycles. The van der Waals surface area contributed by atoms with Gasteiger partial charge in [-0.05, 0) is 36.6 Å². The molecule has 0 aliphatic carbocycles. The number of nitrogens with zero attached hydrogens (tertiary/aromatic N) is 2. The van der Waals surface area contributed by atoms with Crippen molar-refractivity contribution in [2.24, 2.45) is 0 Å². The zero-order chi connectivity index (χ0) is 22.9. The van der Waals surface area contributed by atoms with Crippen LogP contribution >= 0.6 is 0 Å². The fraction of sp³-hybridized carbons (Fsp3) is 0.450. The average Bonchev–Trinajstić information content (AvgIpc) is 3.39. The molecule has 2 atom stereocenters. The first kappa shape index (κ1) is 24.4. The molecular formula is C20H24F3N3O5. The number of rotatable bonds is 7. The SMILES string of the molecule is COCCO[C@H]1CCN(C(=O)c2ccc[nH]2)[C@H]1Cc1cccnc1.O=C(O)C(F)(F)F. The minimum atomic E-state index is -5.08. The van der Waals surface area contributed by atoms with E-state index in [0.29, 0.717) is 25.5 Å². The molecule has 1 aliphatic rings. The number of carbonyl (C=O) groups excluding carboxylic acids is 1. The number of nitrogens with one attached hydrogen (secondary N) is 1. The summed E-state index contributed by atoms with van der Waals surface area (Å²) >= 11 is 0. The number of hydrogen-bond donors (Lipinski definition) is 2. The molecule has 31 heavy (non-hydrogen) atoms. The second kappa shape index (κ2) is 11.5. The van der Waals surface area contributed by atoms with E-state index in [1.807, 2.05) is 35.4 Å². The van der Waals surface area contributed by atoms with E-state index in [-0.39, 0.29) is 18.1 Å². The first-order chi connectivity index (χ1) is 14.7. The van der Waals surface area contributed by atoms with Crippen LogP contribution in [0.2, 0.25) is 0 Å². The maximum atomic E-state index is 12.8. The van der Waals surface area contributed by atoms with Gasteiger partial charge in [0.05, 0.1) is 25.4 Å². The van der Waals surface area contributed by atoms with Crippen molar-refractivity contribution in [3.05, 3.63) is 54.1 Å². The van der Waals surface area contributed by atoms with Gasteiger partial charge in [-0.25, -0.2) is 4.79 Å². The highest BCUT2D eigenvalue weighted by Gasteiger charge is 2.39. The van der Waals surface area contributed by atoms with E-state index in [0.717, 1.165) is 18.4 Å². The Morgan fingerprint density at radius 2 is 2.03 bits per heavy atom. The Morgan fingerprint density at radius 3 is 2.58 bits per heavy atom. The number of pyridine rings is 1. The highest BCUT2D eigenvalue weighted by Crippen LogP contribution is 2.26. The fourth-order valence-corrected chi connectivity index (χ4v) is 3.17. The van der Waals surface area contributed by atoms with Crippen molar-refractivity contribution in [2.45, 2.75) is 31.2 Å². The Balaban J connectivity index is 0.000000423. The minimum Gasteiger partial charge on any atom is -0.475 e. The quantitative estimate of drug-likeness (QED) is 0.638. The normalized spacial score (nSPS) is 18.4. The summed E-state index contributed by atoms with van der Waals surface area (Å²) < 4.78 is 42.8. The lowest BCUT2D eigenvalue weighted by Gasteiger charge is -2.28. The summed E-state index contributed by atoms with van der Waals surface area (Å²) in [6.07, 6.45) is 1.87. The summed E-state index contributed by atoms with van der Waals surface area (Å²) in [7, 11) is 1.66. The van der Waals surface area contributed by atoms with Crippen LogP contribution in [-0.2, 0) is 20.7 Å². The van der Waals surface area contributed by atoms with Crippen molar-refractivity contribution in [1.82, 2.24) is 14.9 Å². The number of aliphatic carboxylic acids is 1. The van der Waals surface area contributed by atoms with Crippen LogP contribution in [0.1, 0.15) is 22.5 Å². The molecule has 0 radical (unpaired) electrons. The molecule has 1 aliphatic heterocycles. The van der Waals surface area contributed by atoms with E-state index in [9.17, 15) is 18.0 Å². The van der Waals surface area contributed by atoms with E-state index < -0.39 is 12.1 Å². The van der Waals surface area contributed by atoms with Gasteiger partial charge in [0.25, 0.3) is 5.91 Å². The molecule has 1 saturated heterocycles. The molecule has 0 bridgehead atoms. The first-order valence-corrected chi connectivity index (χ1v) is 9.48. The number of carboxylic acid groups (broad SMARTS) is 1. The van der Waals surface area contributed by atoms with Crippen molar-refractivity contribution in [2.75, 3.05) is 26.9 Å². The van der Waals surface area contributed by atoms with Crippen LogP contribution in [0.25, 0.3) is 0 Å². The number of carbonyl (C=O) groups is 2. The molecule has 2 aromatic rings. The number of ether oxygens (including phenoxy) is 2. The number of hydrogen-bond acceptors (Lipinski definition) is 5. The van der Waals surface area contributed by atoms with Crippen molar-refractivity contribution < 1.29 is 37.3 Å². The lowest BCUT2D eigenvalue weighted by atomic mass is 10.0. The van der Waals surface area contributed by atoms with Crippen molar-refractivity contribution in [1.29, 1.82) is 0 Å². The van der Waals surface area contributed by atoms with Gasteiger partial charge in [0.1, 0.15) is 5.69 Å². The summed E-state index contributed by atoms with van der Waals surface area (Å²) in [5.74, 6) is -2.74. The molecule has 2 N–H and O–H groups in total. The number of halogens is 3. The van der Waals surface area contributed by atoms with Crippen molar-refractivity contribution >= 4 is 11.9 Å². The lowest BCUT2D eigenvalue weighted by Crippen LogP contribution is -2.42. The molecule has 11 heteroatoms. The third-order valence-electron chi connectivity index (χ3n) is 4.60. The Morgan fingerprint density at radius 1 is 1.29 bits per heavy atom. The Hall–Kier alpha value is -2.92. The Labute approximate surface area is 177 Å². The van der Waals surface area contributed by atoms with Crippen molar-refractivity contribution in [3.8, 4) is 0 Å². The van der Waals surface area contributed by atoms with Crippen LogP contribution in [0.4, 0.5) is 13.2 Å². The maximum absolute atomic E-state index is 12.8. The molecular weight excluding hydrogens is 419 g/mol. The molecule has 8 nitrogen and oxygen atoms in total. The number of methoxy groups -OCH3 is 1. The zero-order valence-corrected chi connectivity index (χ0v) is 16.8. The van der Waals surface area contributed by atoms with E-state index in [2.05, 4.69) is 9.97 Å². The van der Waals surface area contributed by atoms with Crippen LogP contribution in [0.15, 0.2) is 42.9 Å². The predicted octanol–water partition coefficient (Wildman–Crippen LogP) is 2.53. The van der Waals surface area contributed by atoms with Gasteiger partial charge in [0.2, 0.25) is 0 Å². The second-order valence-corrected chi connectivity index (χ2v) is 6.71. The largest absolute Gasteiger partial charge is 0.490 e. The topological polar surface area (TPSA) is 105 Å². The second-order valence-electron chi connectivity index (χ2n) is 6.71. The van der Waals surface area contributed by atoms with Gasteiger partial charge in [-0.3, -0.25) is 9.78 Å². The lowest BCUT2D eigenvalue weighted by molar-refractivity contribution is -0.192. The van der Waals surface area contributed by atoms with Gasteiger partial charge in [-0.15, -0.1) is 0 Å². The molecule has 3 rings (SSSR count). The first-order valence-electron chi connectivity index (χ1n) is 9.48. The van der Waals surface area contributed by atoms with E-state index in [1.165, 1.54) is 0 Å². The standard InChI is InChI=1S/C18H23N3O3.C2HF3O2/c1-23-10-11-24-17-6-9-21(18(22)15-5-3-8-20-15)16(17)12-14-4-2-7-19-13-14;3-2(4,5)1(6)7/h2-5,7-8,13,16-17,20H,6,9-12H2,1H3;(H,6,7)/t16-,17-;/m0./s1. The predicted molar refractivity (Wildman–Crippen MR) is 103 cm³/mol. The monoisotopic (exact) mass is 443 g/mol. The number of aromatic nitrogens is 2. The number of H-pyrrole nitrogens is 1. The summed E-state index contributed by atoms with van der Waals surface area (Å²) in [5, 5.41) is 7.12. The number of amides is 1. The highest BCUT2D eigenvalue weighted by molar-refractivity contribution is 5.92. The van der Waals surface area contributed by atoms with Crippen LogP contribution in [0, 0.1) is 0 Å². The maximum Gasteiger partial charge on any atom is 0.490 e. The molecule has 1 amide bonds. The van der Waals surface area contributed by atoms with Gasteiger partial charge in [-0.1, -0.05) is 6.07 Å². The van der Waals surface area contributed by atoms with Gasteiger partial charge >= 0.3 is 12.1 Å². The number of carboxylic acids is 1. The number of likely N-dealkylation sites (tertiary alicyclic amines) is 1. The third-order valence-corrected chi connectivity index (χ3v) is 4.60.